The topological polar surface area (TPSA) is 50.2 Å². The smallest absolute Gasteiger partial charge is 0.328 e. The molecule has 0 aliphatic heterocycles. The Bertz CT molecular complexity index is 410. The summed E-state index contributed by atoms with van der Waals surface area (Å²) in [6.07, 6.45) is 3.86. The van der Waals surface area contributed by atoms with E-state index in [-0.39, 0.29) is 5.92 Å². The van der Waals surface area contributed by atoms with Crippen molar-refractivity contribution < 1.29 is 9.90 Å². The number of aromatic nitrogens is 1. The summed E-state index contributed by atoms with van der Waals surface area (Å²) in [4.78, 5) is 14.8. The molecule has 1 aromatic heterocycles. The van der Waals surface area contributed by atoms with Gasteiger partial charge in [-0.1, -0.05) is 13.0 Å². The fraction of sp³-hybridized carbons (Fsp3) is 0.273. The van der Waals surface area contributed by atoms with E-state index in [0.717, 1.165) is 23.3 Å². The molecule has 1 aliphatic rings. The van der Waals surface area contributed by atoms with Crippen LogP contribution in [0.3, 0.4) is 0 Å². The molecule has 1 unspecified atom stereocenters. The van der Waals surface area contributed by atoms with Crippen molar-refractivity contribution in [3.8, 4) is 0 Å². The van der Waals surface area contributed by atoms with Gasteiger partial charge in [0, 0.05) is 12.3 Å². The molecular weight excluding hydrogens is 178 g/mol. The largest absolute Gasteiger partial charge is 0.478 e. The highest BCUT2D eigenvalue weighted by Crippen LogP contribution is 2.34. The zero-order valence-electron chi connectivity index (χ0n) is 7.90. The Labute approximate surface area is 82.1 Å². The minimum Gasteiger partial charge on any atom is -0.478 e. The number of fused-ring (bicyclic) bond motifs is 1. The van der Waals surface area contributed by atoms with Crippen LogP contribution in [0, 0.1) is 5.92 Å². The third-order valence-electron chi connectivity index (χ3n) is 2.50. The van der Waals surface area contributed by atoms with Crippen LogP contribution in [0.2, 0.25) is 0 Å². The summed E-state index contributed by atoms with van der Waals surface area (Å²) in [6.45, 7) is 2.02. The molecule has 0 saturated carbocycles. The first-order valence-electron chi connectivity index (χ1n) is 4.57. The first kappa shape index (κ1) is 8.94. The molecule has 0 saturated heterocycles. The summed E-state index contributed by atoms with van der Waals surface area (Å²) < 4.78 is 0. The number of carboxylic acids is 1. The SMILES string of the molecule is CC1Cc2cccnc2/C1=C/C(=O)O. The maximum atomic E-state index is 10.6. The molecule has 0 bridgehead atoms. The highest BCUT2D eigenvalue weighted by molar-refractivity contribution is 5.91. The number of aliphatic carboxylic acids is 1. The average Bonchev–Trinajstić information content (AvgIpc) is 2.43. The number of allylic oxidation sites excluding steroid dienone is 1. The average molecular weight is 189 g/mol. The lowest BCUT2D eigenvalue weighted by Gasteiger charge is -2.02. The maximum Gasteiger partial charge on any atom is 0.328 e. The van der Waals surface area contributed by atoms with Gasteiger partial charge in [-0.2, -0.15) is 0 Å². The molecule has 3 heteroatoms. The van der Waals surface area contributed by atoms with Crippen LogP contribution in [0.15, 0.2) is 24.4 Å². The van der Waals surface area contributed by atoms with Crippen molar-refractivity contribution in [2.24, 2.45) is 5.92 Å². The minimum absolute atomic E-state index is 0.260. The second-order valence-corrected chi connectivity index (χ2v) is 3.55. The molecule has 1 N–H and O–H groups in total. The van der Waals surface area contributed by atoms with Gasteiger partial charge in [0.1, 0.15) is 0 Å². The second kappa shape index (κ2) is 3.25. The van der Waals surface area contributed by atoms with E-state index >= 15 is 0 Å². The highest BCUT2D eigenvalue weighted by atomic mass is 16.4. The van der Waals surface area contributed by atoms with E-state index in [2.05, 4.69) is 4.98 Å². The Morgan fingerprint density at radius 3 is 3.21 bits per heavy atom. The van der Waals surface area contributed by atoms with E-state index in [0.29, 0.717) is 0 Å². The van der Waals surface area contributed by atoms with Gasteiger partial charge in [0.15, 0.2) is 0 Å². The van der Waals surface area contributed by atoms with Crippen LogP contribution < -0.4 is 0 Å². The number of nitrogens with zero attached hydrogens (tertiary/aromatic N) is 1. The first-order valence-corrected chi connectivity index (χ1v) is 4.57. The van der Waals surface area contributed by atoms with Gasteiger partial charge in [0.25, 0.3) is 0 Å². The summed E-state index contributed by atoms with van der Waals surface area (Å²) in [5.74, 6) is -0.638. The fourth-order valence-electron chi connectivity index (χ4n) is 1.88. The molecule has 3 nitrogen and oxygen atoms in total. The predicted molar refractivity (Wildman–Crippen MR) is 52.7 cm³/mol. The molecule has 0 fully saturated rings. The second-order valence-electron chi connectivity index (χ2n) is 3.55. The Morgan fingerprint density at radius 2 is 2.50 bits per heavy atom. The number of carbonyl (C=O) groups is 1. The van der Waals surface area contributed by atoms with Crippen LogP contribution in [0.25, 0.3) is 5.57 Å². The van der Waals surface area contributed by atoms with Crippen molar-refractivity contribution >= 4 is 11.5 Å². The lowest BCUT2D eigenvalue weighted by molar-refractivity contribution is -0.131. The Hall–Kier alpha value is -1.64. The number of rotatable bonds is 1. The van der Waals surface area contributed by atoms with Gasteiger partial charge in [-0.25, -0.2) is 4.79 Å². The first-order chi connectivity index (χ1) is 6.68. The van der Waals surface area contributed by atoms with E-state index < -0.39 is 5.97 Å². The van der Waals surface area contributed by atoms with Gasteiger partial charge in [-0.15, -0.1) is 0 Å². The quantitative estimate of drug-likeness (QED) is 0.684. The Morgan fingerprint density at radius 1 is 1.71 bits per heavy atom. The number of hydrogen-bond acceptors (Lipinski definition) is 2. The number of carboxylic acid groups (broad SMARTS) is 1. The van der Waals surface area contributed by atoms with Crippen molar-refractivity contribution in [1.82, 2.24) is 4.98 Å². The van der Waals surface area contributed by atoms with E-state index in [4.69, 9.17) is 5.11 Å². The predicted octanol–water partition coefficient (Wildman–Crippen LogP) is 1.74. The zero-order valence-corrected chi connectivity index (χ0v) is 7.90. The van der Waals surface area contributed by atoms with Gasteiger partial charge in [0.2, 0.25) is 0 Å². The molecule has 1 atom stereocenters. The molecule has 72 valence electrons. The Balaban J connectivity index is 2.50. The standard InChI is InChI=1S/C11H11NO2/c1-7-5-8-3-2-4-12-11(8)9(7)6-10(13)14/h2-4,6-7H,5H2,1H3,(H,13,14)/b9-6+. The molecular formula is C11H11NO2. The van der Waals surface area contributed by atoms with E-state index in [1.807, 2.05) is 19.1 Å². The van der Waals surface area contributed by atoms with Gasteiger partial charge in [-0.3, -0.25) is 4.98 Å². The number of hydrogen-bond donors (Lipinski definition) is 1. The van der Waals surface area contributed by atoms with E-state index in [9.17, 15) is 4.79 Å². The summed E-state index contributed by atoms with van der Waals surface area (Å²) in [5, 5.41) is 8.71. The lowest BCUT2D eigenvalue weighted by Crippen LogP contribution is -1.96. The third-order valence-corrected chi connectivity index (χ3v) is 2.50. The fourth-order valence-corrected chi connectivity index (χ4v) is 1.88. The summed E-state index contributed by atoms with van der Waals surface area (Å²) in [7, 11) is 0. The maximum absolute atomic E-state index is 10.6. The van der Waals surface area contributed by atoms with E-state index in [1.165, 1.54) is 6.08 Å². The zero-order chi connectivity index (χ0) is 10.1. The molecule has 0 aromatic carbocycles. The van der Waals surface area contributed by atoms with Gasteiger partial charge in [-0.05, 0) is 29.5 Å². The van der Waals surface area contributed by atoms with Crippen molar-refractivity contribution in [2.75, 3.05) is 0 Å². The minimum atomic E-state index is -0.898. The van der Waals surface area contributed by atoms with Gasteiger partial charge in [0.05, 0.1) is 5.69 Å². The molecule has 0 spiro atoms. The molecule has 0 amide bonds. The highest BCUT2D eigenvalue weighted by Gasteiger charge is 2.24. The van der Waals surface area contributed by atoms with Crippen LogP contribution in [-0.4, -0.2) is 16.1 Å². The molecule has 1 aromatic rings. The molecule has 0 radical (unpaired) electrons. The third kappa shape index (κ3) is 1.41. The van der Waals surface area contributed by atoms with Crippen molar-refractivity contribution in [1.29, 1.82) is 0 Å². The normalized spacial score (nSPS) is 22.4. The van der Waals surface area contributed by atoms with Crippen molar-refractivity contribution in [2.45, 2.75) is 13.3 Å². The van der Waals surface area contributed by atoms with Crippen molar-refractivity contribution in [3.05, 3.63) is 35.7 Å². The number of pyridine rings is 1. The van der Waals surface area contributed by atoms with E-state index in [1.54, 1.807) is 6.20 Å². The summed E-state index contributed by atoms with van der Waals surface area (Å²) >= 11 is 0. The van der Waals surface area contributed by atoms with Crippen LogP contribution >= 0.6 is 0 Å². The lowest BCUT2D eigenvalue weighted by atomic mass is 10.0. The summed E-state index contributed by atoms with van der Waals surface area (Å²) in [6, 6.07) is 3.89. The van der Waals surface area contributed by atoms with Crippen molar-refractivity contribution in [3.63, 3.8) is 0 Å². The van der Waals surface area contributed by atoms with Gasteiger partial charge < -0.3 is 5.11 Å². The molecule has 1 heterocycles. The van der Waals surface area contributed by atoms with Crippen LogP contribution in [0.5, 0.6) is 0 Å². The summed E-state index contributed by atoms with van der Waals surface area (Å²) in [5.41, 5.74) is 2.84. The Kier molecular flexibility index (Phi) is 2.08. The van der Waals surface area contributed by atoms with Crippen LogP contribution in [-0.2, 0) is 11.2 Å². The molecule has 1 aliphatic carbocycles. The monoisotopic (exact) mass is 189 g/mol. The van der Waals surface area contributed by atoms with Crippen LogP contribution in [0.1, 0.15) is 18.2 Å². The van der Waals surface area contributed by atoms with Gasteiger partial charge >= 0.3 is 5.97 Å². The van der Waals surface area contributed by atoms with Crippen LogP contribution in [0.4, 0.5) is 0 Å². The molecule has 2 rings (SSSR count). The molecule has 14 heavy (non-hydrogen) atoms.